The summed E-state index contributed by atoms with van der Waals surface area (Å²) in [6.07, 6.45) is 0.838. The number of aromatic amines is 1. The van der Waals surface area contributed by atoms with Crippen LogP contribution < -0.4 is 10.9 Å². The van der Waals surface area contributed by atoms with Crippen molar-refractivity contribution in [2.45, 2.75) is 39.8 Å². The van der Waals surface area contributed by atoms with Crippen LogP contribution in [0, 0.1) is 19.8 Å². The van der Waals surface area contributed by atoms with Gasteiger partial charge in [0.25, 0.3) is 5.56 Å². The van der Waals surface area contributed by atoms with Crippen molar-refractivity contribution in [2.24, 2.45) is 5.92 Å². The van der Waals surface area contributed by atoms with Crippen molar-refractivity contribution in [3.63, 3.8) is 0 Å². The topological polar surface area (TPSA) is 71.2 Å². The molecule has 2 atom stereocenters. The molecule has 1 amide bonds. The molecule has 1 aliphatic rings. The Morgan fingerprint density at radius 2 is 2.26 bits per heavy atom. The van der Waals surface area contributed by atoms with E-state index in [0.717, 1.165) is 17.7 Å². The van der Waals surface area contributed by atoms with Crippen molar-refractivity contribution in [2.75, 3.05) is 6.61 Å². The molecule has 104 valence electrons. The predicted molar refractivity (Wildman–Crippen MR) is 71.9 cm³/mol. The van der Waals surface area contributed by atoms with Gasteiger partial charge in [0.1, 0.15) is 0 Å². The summed E-state index contributed by atoms with van der Waals surface area (Å²) < 4.78 is 5.37. The van der Waals surface area contributed by atoms with Crippen molar-refractivity contribution in [3.05, 3.63) is 33.2 Å². The van der Waals surface area contributed by atoms with Crippen molar-refractivity contribution in [1.82, 2.24) is 10.3 Å². The monoisotopic (exact) mass is 264 g/mol. The van der Waals surface area contributed by atoms with E-state index in [9.17, 15) is 9.59 Å². The zero-order valence-corrected chi connectivity index (χ0v) is 11.6. The highest BCUT2D eigenvalue weighted by Crippen LogP contribution is 2.33. The molecule has 1 saturated carbocycles. The number of nitrogens with one attached hydrogen (secondary N) is 2. The Kier molecular flexibility index (Phi) is 4.04. The average Bonchev–Trinajstić information content (AvgIpc) is 3.07. The van der Waals surface area contributed by atoms with E-state index in [0.29, 0.717) is 12.2 Å². The Morgan fingerprint density at radius 1 is 1.53 bits per heavy atom. The van der Waals surface area contributed by atoms with Crippen molar-refractivity contribution in [3.8, 4) is 0 Å². The first kappa shape index (κ1) is 13.8. The highest BCUT2D eigenvalue weighted by Gasteiger charge is 2.43. The summed E-state index contributed by atoms with van der Waals surface area (Å²) in [6.45, 7) is 6.54. The lowest BCUT2D eigenvalue weighted by molar-refractivity contribution is -0.123. The lowest BCUT2D eigenvalue weighted by Gasteiger charge is -2.08. The maximum Gasteiger partial charge on any atom is 0.253 e. The Balaban J connectivity index is 1.93. The van der Waals surface area contributed by atoms with Crippen LogP contribution in [0.25, 0.3) is 0 Å². The van der Waals surface area contributed by atoms with Gasteiger partial charge in [-0.15, -0.1) is 0 Å². The number of aromatic nitrogens is 1. The summed E-state index contributed by atoms with van der Waals surface area (Å²) in [5, 5.41) is 2.81. The molecule has 2 unspecified atom stereocenters. The number of aryl methyl sites for hydroxylation is 2. The lowest BCUT2D eigenvalue weighted by atomic mass is 10.1. The number of rotatable bonds is 5. The normalized spacial score (nSPS) is 21.2. The molecule has 1 heterocycles. The van der Waals surface area contributed by atoms with E-state index in [1.807, 2.05) is 26.8 Å². The predicted octanol–water partition coefficient (Wildman–Crippen LogP) is 1.03. The maximum absolute atomic E-state index is 11.9. The molecular weight excluding hydrogens is 244 g/mol. The minimum Gasteiger partial charge on any atom is -0.378 e. The van der Waals surface area contributed by atoms with Crippen LogP contribution in [0.15, 0.2) is 10.9 Å². The van der Waals surface area contributed by atoms with Crippen molar-refractivity contribution >= 4 is 5.91 Å². The van der Waals surface area contributed by atoms with E-state index in [1.165, 1.54) is 0 Å². The van der Waals surface area contributed by atoms with Gasteiger partial charge in [0.2, 0.25) is 5.91 Å². The molecule has 1 fully saturated rings. The SMILES string of the molecule is CCOC1CC1C(=O)NCc1c(C)cc(C)[nH]c1=O. The number of pyridine rings is 1. The number of hydrogen-bond donors (Lipinski definition) is 2. The Bertz CT molecular complexity index is 536. The fourth-order valence-corrected chi connectivity index (χ4v) is 2.25. The quantitative estimate of drug-likeness (QED) is 0.834. The molecular formula is C14H20N2O3. The lowest BCUT2D eigenvalue weighted by Crippen LogP contribution is -2.29. The Hall–Kier alpha value is -1.62. The number of amides is 1. The van der Waals surface area contributed by atoms with Gasteiger partial charge in [-0.1, -0.05) is 0 Å². The van der Waals surface area contributed by atoms with Gasteiger partial charge in [0.05, 0.1) is 12.0 Å². The van der Waals surface area contributed by atoms with E-state index >= 15 is 0 Å². The third-order valence-electron chi connectivity index (χ3n) is 3.38. The number of ether oxygens (including phenoxy) is 1. The second-order valence-corrected chi connectivity index (χ2v) is 5.00. The highest BCUT2D eigenvalue weighted by atomic mass is 16.5. The Morgan fingerprint density at radius 3 is 2.89 bits per heavy atom. The number of carbonyl (C=O) groups excluding carboxylic acids is 1. The van der Waals surface area contributed by atoms with Gasteiger partial charge >= 0.3 is 0 Å². The summed E-state index contributed by atoms with van der Waals surface area (Å²) >= 11 is 0. The first-order valence-electron chi connectivity index (χ1n) is 6.61. The molecule has 0 aliphatic heterocycles. The summed E-state index contributed by atoms with van der Waals surface area (Å²) in [5.74, 6) is -0.0809. The first-order chi connectivity index (χ1) is 9.02. The van der Waals surface area contributed by atoms with Gasteiger partial charge in [-0.2, -0.15) is 0 Å². The third-order valence-corrected chi connectivity index (χ3v) is 3.38. The van der Waals surface area contributed by atoms with Gasteiger partial charge in [-0.25, -0.2) is 0 Å². The number of carbonyl (C=O) groups is 1. The fourth-order valence-electron chi connectivity index (χ4n) is 2.25. The summed E-state index contributed by atoms with van der Waals surface area (Å²) in [4.78, 5) is 26.4. The summed E-state index contributed by atoms with van der Waals surface area (Å²) in [7, 11) is 0. The molecule has 0 spiro atoms. The highest BCUT2D eigenvalue weighted by molar-refractivity contribution is 5.82. The van der Waals surface area contributed by atoms with E-state index in [-0.39, 0.29) is 30.0 Å². The molecule has 0 saturated heterocycles. The molecule has 1 aliphatic carbocycles. The molecule has 19 heavy (non-hydrogen) atoms. The van der Waals surface area contributed by atoms with Gasteiger partial charge in [0.15, 0.2) is 0 Å². The van der Waals surface area contributed by atoms with Gasteiger partial charge in [-0.3, -0.25) is 9.59 Å². The molecule has 2 rings (SSSR count). The molecule has 2 N–H and O–H groups in total. The van der Waals surface area contributed by atoms with E-state index in [2.05, 4.69) is 10.3 Å². The average molecular weight is 264 g/mol. The van der Waals surface area contributed by atoms with Crippen molar-refractivity contribution < 1.29 is 9.53 Å². The van der Waals surface area contributed by atoms with Crippen LogP contribution in [0.1, 0.15) is 30.2 Å². The molecule has 0 aromatic carbocycles. The van der Waals surface area contributed by atoms with Crippen LogP contribution in [0.4, 0.5) is 0 Å². The molecule has 5 heteroatoms. The van der Waals surface area contributed by atoms with Crippen LogP contribution >= 0.6 is 0 Å². The molecule has 1 aromatic rings. The third kappa shape index (κ3) is 3.23. The number of H-pyrrole nitrogens is 1. The standard InChI is InChI=1S/C14H20N2O3/c1-4-19-12-6-10(12)13(17)15-7-11-8(2)5-9(3)16-14(11)18/h5,10,12H,4,6-7H2,1-3H3,(H,15,17)(H,16,18). The van der Waals surface area contributed by atoms with Crippen LogP contribution in [-0.2, 0) is 16.1 Å². The van der Waals surface area contributed by atoms with Gasteiger partial charge in [-0.05, 0) is 38.8 Å². The summed E-state index contributed by atoms with van der Waals surface area (Å²) in [5.41, 5.74) is 2.22. The summed E-state index contributed by atoms with van der Waals surface area (Å²) in [6, 6.07) is 1.91. The molecule has 0 radical (unpaired) electrons. The molecule has 1 aromatic heterocycles. The van der Waals surface area contributed by atoms with Crippen LogP contribution in [0.5, 0.6) is 0 Å². The smallest absolute Gasteiger partial charge is 0.253 e. The van der Waals surface area contributed by atoms with E-state index in [4.69, 9.17) is 4.74 Å². The largest absolute Gasteiger partial charge is 0.378 e. The maximum atomic E-state index is 11.9. The molecule has 5 nitrogen and oxygen atoms in total. The number of hydrogen-bond acceptors (Lipinski definition) is 3. The van der Waals surface area contributed by atoms with Gasteiger partial charge < -0.3 is 15.0 Å². The zero-order valence-electron chi connectivity index (χ0n) is 11.6. The minimum absolute atomic E-state index is 0.0298. The van der Waals surface area contributed by atoms with Crippen LogP contribution in [-0.4, -0.2) is 23.6 Å². The van der Waals surface area contributed by atoms with Crippen LogP contribution in [0.3, 0.4) is 0 Å². The zero-order chi connectivity index (χ0) is 14.0. The van der Waals surface area contributed by atoms with E-state index in [1.54, 1.807) is 0 Å². The van der Waals surface area contributed by atoms with Crippen LogP contribution in [0.2, 0.25) is 0 Å². The second kappa shape index (κ2) is 5.57. The van der Waals surface area contributed by atoms with E-state index < -0.39 is 0 Å². The molecule has 0 bridgehead atoms. The second-order valence-electron chi connectivity index (χ2n) is 5.00. The fraction of sp³-hybridized carbons (Fsp3) is 0.571. The Labute approximate surface area is 112 Å². The first-order valence-corrected chi connectivity index (χ1v) is 6.61. The minimum atomic E-state index is -0.130. The van der Waals surface area contributed by atoms with Crippen molar-refractivity contribution in [1.29, 1.82) is 0 Å². The van der Waals surface area contributed by atoms with Gasteiger partial charge in [0, 0.05) is 24.4 Å².